The normalized spacial score (nSPS) is 11.3. The summed E-state index contributed by atoms with van der Waals surface area (Å²) in [5.74, 6) is 0. The van der Waals surface area contributed by atoms with E-state index in [4.69, 9.17) is 0 Å². The number of thiazole rings is 1. The number of hydrogen-bond donors (Lipinski definition) is 1. The number of nitrogens with one attached hydrogen (secondary N) is 1. The first-order valence-electron chi connectivity index (χ1n) is 7.10. The van der Waals surface area contributed by atoms with Crippen molar-refractivity contribution in [3.8, 4) is 0 Å². The molecule has 18 heavy (non-hydrogen) atoms. The molecule has 0 spiro atoms. The SMILES string of the molecule is CCCCN(CCCC)Cc1csc(CNC)n1. The Labute approximate surface area is 116 Å². The van der Waals surface area contributed by atoms with Crippen molar-refractivity contribution in [2.24, 2.45) is 0 Å². The van der Waals surface area contributed by atoms with Gasteiger partial charge in [-0.1, -0.05) is 26.7 Å². The Balaban J connectivity index is 2.46. The van der Waals surface area contributed by atoms with Gasteiger partial charge in [-0.3, -0.25) is 4.90 Å². The molecule has 0 saturated carbocycles. The monoisotopic (exact) mass is 269 g/mol. The van der Waals surface area contributed by atoms with Crippen LogP contribution in [0.4, 0.5) is 0 Å². The van der Waals surface area contributed by atoms with Gasteiger partial charge in [-0.05, 0) is 33.0 Å². The predicted octanol–water partition coefficient (Wildman–Crippen LogP) is 3.26. The lowest BCUT2D eigenvalue weighted by Gasteiger charge is -2.20. The molecule has 1 aromatic heterocycles. The highest BCUT2D eigenvalue weighted by atomic mass is 32.1. The molecular formula is C14H27N3S. The van der Waals surface area contributed by atoms with Crippen LogP contribution in [0.25, 0.3) is 0 Å². The van der Waals surface area contributed by atoms with E-state index in [9.17, 15) is 0 Å². The molecule has 0 aromatic carbocycles. The Morgan fingerprint density at radius 2 is 1.89 bits per heavy atom. The minimum absolute atomic E-state index is 0.884. The van der Waals surface area contributed by atoms with E-state index < -0.39 is 0 Å². The van der Waals surface area contributed by atoms with E-state index in [-0.39, 0.29) is 0 Å². The molecule has 104 valence electrons. The molecule has 0 atom stereocenters. The minimum atomic E-state index is 0.884. The summed E-state index contributed by atoms with van der Waals surface area (Å²) in [5, 5.41) is 6.55. The molecule has 1 rings (SSSR count). The summed E-state index contributed by atoms with van der Waals surface area (Å²) in [5.41, 5.74) is 1.23. The first-order chi connectivity index (χ1) is 8.80. The standard InChI is InChI=1S/C14H27N3S/c1-4-6-8-17(9-7-5-2)11-13-12-18-14(16-13)10-15-3/h12,15H,4-11H2,1-3H3. The van der Waals surface area contributed by atoms with Crippen LogP contribution in [0.1, 0.15) is 50.2 Å². The van der Waals surface area contributed by atoms with Crippen LogP contribution in [0.15, 0.2) is 5.38 Å². The number of aromatic nitrogens is 1. The molecule has 0 bridgehead atoms. The van der Waals surface area contributed by atoms with Crippen LogP contribution in [0.2, 0.25) is 0 Å². The fourth-order valence-corrected chi connectivity index (χ4v) is 2.71. The molecule has 0 fully saturated rings. The second kappa shape index (κ2) is 9.48. The maximum atomic E-state index is 4.67. The van der Waals surface area contributed by atoms with E-state index in [1.165, 1.54) is 49.5 Å². The van der Waals surface area contributed by atoms with Crippen LogP contribution in [-0.4, -0.2) is 30.0 Å². The lowest BCUT2D eigenvalue weighted by Crippen LogP contribution is -2.25. The van der Waals surface area contributed by atoms with Gasteiger partial charge in [-0.15, -0.1) is 11.3 Å². The number of unbranched alkanes of at least 4 members (excludes halogenated alkanes) is 2. The molecule has 4 heteroatoms. The second-order valence-corrected chi connectivity index (χ2v) is 5.69. The van der Waals surface area contributed by atoms with E-state index in [0.29, 0.717) is 0 Å². The maximum absolute atomic E-state index is 4.67. The lowest BCUT2D eigenvalue weighted by molar-refractivity contribution is 0.254. The highest BCUT2D eigenvalue weighted by Gasteiger charge is 2.08. The van der Waals surface area contributed by atoms with Crippen molar-refractivity contribution >= 4 is 11.3 Å². The van der Waals surface area contributed by atoms with Gasteiger partial charge in [0, 0.05) is 18.5 Å². The summed E-state index contributed by atoms with van der Waals surface area (Å²) in [6.45, 7) is 8.82. The molecule has 1 heterocycles. The number of nitrogens with zero attached hydrogens (tertiary/aromatic N) is 2. The van der Waals surface area contributed by atoms with E-state index in [0.717, 1.165) is 13.1 Å². The molecule has 3 nitrogen and oxygen atoms in total. The fourth-order valence-electron chi connectivity index (χ4n) is 1.92. The van der Waals surface area contributed by atoms with Gasteiger partial charge in [0.15, 0.2) is 0 Å². The fraction of sp³-hybridized carbons (Fsp3) is 0.786. The first-order valence-corrected chi connectivity index (χ1v) is 7.98. The van der Waals surface area contributed by atoms with Crippen molar-refractivity contribution in [2.45, 2.75) is 52.6 Å². The van der Waals surface area contributed by atoms with Crippen molar-refractivity contribution in [1.82, 2.24) is 15.2 Å². The average Bonchev–Trinajstić information content (AvgIpc) is 2.80. The molecule has 0 unspecified atom stereocenters. The van der Waals surface area contributed by atoms with Gasteiger partial charge >= 0.3 is 0 Å². The zero-order valence-electron chi connectivity index (χ0n) is 12.0. The van der Waals surface area contributed by atoms with Gasteiger partial charge in [-0.2, -0.15) is 0 Å². The zero-order valence-corrected chi connectivity index (χ0v) is 12.9. The highest BCUT2D eigenvalue weighted by Crippen LogP contribution is 2.12. The molecular weight excluding hydrogens is 242 g/mol. The van der Waals surface area contributed by atoms with Crippen molar-refractivity contribution in [2.75, 3.05) is 20.1 Å². The van der Waals surface area contributed by atoms with Crippen molar-refractivity contribution in [3.63, 3.8) is 0 Å². The maximum Gasteiger partial charge on any atom is 0.107 e. The first kappa shape index (κ1) is 15.6. The van der Waals surface area contributed by atoms with Gasteiger partial charge in [0.1, 0.15) is 5.01 Å². The van der Waals surface area contributed by atoms with Crippen LogP contribution in [0.3, 0.4) is 0 Å². The molecule has 0 aliphatic rings. The van der Waals surface area contributed by atoms with Crippen LogP contribution in [0.5, 0.6) is 0 Å². The van der Waals surface area contributed by atoms with E-state index in [1.54, 1.807) is 11.3 Å². The Hall–Kier alpha value is -0.450. The Morgan fingerprint density at radius 1 is 1.22 bits per heavy atom. The third kappa shape index (κ3) is 5.94. The Kier molecular flexibility index (Phi) is 8.22. The third-order valence-electron chi connectivity index (χ3n) is 2.97. The second-order valence-electron chi connectivity index (χ2n) is 4.75. The number of rotatable bonds is 10. The summed E-state index contributed by atoms with van der Waals surface area (Å²) in [6.07, 6.45) is 5.11. The molecule has 1 N–H and O–H groups in total. The minimum Gasteiger partial charge on any atom is -0.314 e. The van der Waals surface area contributed by atoms with Crippen molar-refractivity contribution in [1.29, 1.82) is 0 Å². The highest BCUT2D eigenvalue weighted by molar-refractivity contribution is 7.09. The summed E-state index contributed by atoms with van der Waals surface area (Å²) in [6, 6.07) is 0. The van der Waals surface area contributed by atoms with Crippen LogP contribution in [0, 0.1) is 0 Å². The zero-order chi connectivity index (χ0) is 13.2. The molecule has 0 amide bonds. The Bertz CT molecular complexity index is 304. The van der Waals surface area contributed by atoms with Crippen molar-refractivity contribution in [3.05, 3.63) is 16.1 Å². The largest absolute Gasteiger partial charge is 0.314 e. The van der Waals surface area contributed by atoms with E-state index >= 15 is 0 Å². The quantitative estimate of drug-likeness (QED) is 0.706. The van der Waals surface area contributed by atoms with E-state index in [2.05, 4.69) is 34.4 Å². The topological polar surface area (TPSA) is 28.2 Å². The van der Waals surface area contributed by atoms with Gasteiger partial charge < -0.3 is 5.32 Å². The summed E-state index contributed by atoms with van der Waals surface area (Å²) in [7, 11) is 1.97. The smallest absolute Gasteiger partial charge is 0.107 e. The van der Waals surface area contributed by atoms with Gasteiger partial charge in [0.2, 0.25) is 0 Å². The van der Waals surface area contributed by atoms with E-state index in [1.807, 2.05) is 7.05 Å². The van der Waals surface area contributed by atoms with Crippen LogP contribution in [-0.2, 0) is 13.1 Å². The van der Waals surface area contributed by atoms with Gasteiger partial charge in [0.25, 0.3) is 0 Å². The molecule has 0 saturated heterocycles. The average molecular weight is 269 g/mol. The molecule has 0 radical (unpaired) electrons. The van der Waals surface area contributed by atoms with Gasteiger partial charge in [0.05, 0.1) is 5.69 Å². The summed E-state index contributed by atoms with van der Waals surface area (Å²) < 4.78 is 0. The summed E-state index contributed by atoms with van der Waals surface area (Å²) >= 11 is 1.76. The Morgan fingerprint density at radius 3 is 2.44 bits per heavy atom. The van der Waals surface area contributed by atoms with Crippen LogP contribution < -0.4 is 5.32 Å². The summed E-state index contributed by atoms with van der Waals surface area (Å²) in [4.78, 5) is 7.22. The molecule has 0 aliphatic carbocycles. The van der Waals surface area contributed by atoms with Crippen LogP contribution >= 0.6 is 11.3 Å². The lowest BCUT2D eigenvalue weighted by atomic mass is 10.2. The van der Waals surface area contributed by atoms with Gasteiger partial charge in [-0.25, -0.2) is 4.98 Å². The predicted molar refractivity (Wildman–Crippen MR) is 80.0 cm³/mol. The molecule has 0 aliphatic heterocycles. The van der Waals surface area contributed by atoms with Crippen molar-refractivity contribution < 1.29 is 0 Å². The molecule has 1 aromatic rings. The third-order valence-corrected chi connectivity index (χ3v) is 3.87. The number of hydrogen-bond acceptors (Lipinski definition) is 4.